The lowest BCUT2D eigenvalue weighted by Gasteiger charge is -2.11. The number of carbonyl (C=O) groups excluding carboxylic acids is 1. The van der Waals surface area contributed by atoms with Gasteiger partial charge in [0.05, 0.1) is 17.1 Å². The van der Waals surface area contributed by atoms with E-state index in [0.717, 1.165) is 0 Å². The number of benzene rings is 1. The van der Waals surface area contributed by atoms with Crippen LogP contribution >= 0.6 is 0 Å². The van der Waals surface area contributed by atoms with Crippen LogP contribution in [0.3, 0.4) is 0 Å². The van der Waals surface area contributed by atoms with Gasteiger partial charge in [0, 0.05) is 0 Å². The summed E-state index contributed by atoms with van der Waals surface area (Å²) in [6, 6.07) is 7.06. The Morgan fingerprint density at radius 2 is 1.83 bits per heavy atom. The lowest BCUT2D eigenvalue weighted by Crippen LogP contribution is -2.30. The van der Waals surface area contributed by atoms with Crippen molar-refractivity contribution < 1.29 is 27.9 Å². The van der Waals surface area contributed by atoms with Crippen LogP contribution in [-0.4, -0.2) is 38.9 Å². The third-order valence-corrected chi connectivity index (χ3v) is 2.75. The number of aromatic nitrogens is 2. The van der Waals surface area contributed by atoms with Gasteiger partial charge in [0.2, 0.25) is 0 Å². The van der Waals surface area contributed by atoms with Crippen LogP contribution in [0.4, 0.5) is 13.2 Å². The van der Waals surface area contributed by atoms with E-state index in [9.17, 15) is 22.8 Å². The molecule has 1 N–H and O–H groups in total. The number of alkyl halides is 3. The molecule has 1 amide bonds. The van der Waals surface area contributed by atoms with E-state index in [4.69, 9.17) is 9.90 Å². The van der Waals surface area contributed by atoms with Gasteiger partial charge in [-0.25, -0.2) is 14.8 Å². The van der Waals surface area contributed by atoms with Crippen molar-refractivity contribution >= 4 is 29.0 Å². The Bertz CT molecular complexity index is 871. The van der Waals surface area contributed by atoms with Gasteiger partial charge >= 0.3 is 12.1 Å². The summed E-state index contributed by atoms with van der Waals surface area (Å²) in [5, 5.41) is 7.65. The van der Waals surface area contributed by atoms with Crippen LogP contribution in [0.25, 0.3) is 10.9 Å². The molecule has 23 heavy (non-hydrogen) atoms. The highest BCUT2D eigenvalue weighted by molar-refractivity contribution is 5.94. The number of amides is 1. The van der Waals surface area contributed by atoms with Crippen LogP contribution in [0.1, 0.15) is 5.82 Å². The van der Waals surface area contributed by atoms with Gasteiger partial charge in [-0.05, 0) is 12.1 Å². The summed E-state index contributed by atoms with van der Waals surface area (Å²) in [7, 11) is 0. The minimum absolute atomic E-state index is 0.0253. The Balaban J connectivity index is 0.000000236. The van der Waals surface area contributed by atoms with E-state index in [-0.39, 0.29) is 18.0 Å². The van der Waals surface area contributed by atoms with E-state index in [2.05, 4.69) is 9.98 Å². The maximum atomic E-state index is 12.0. The number of aliphatic carboxylic acids is 1. The van der Waals surface area contributed by atoms with Crippen molar-refractivity contribution in [3.63, 3.8) is 0 Å². The second kappa shape index (κ2) is 5.99. The molecule has 0 spiro atoms. The number of aliphatic imine (C=N–C) groups is 1. The lowest BCUT2D eigenvalue weighted by molar-refractivity contribution is -0.192. The fourth-order valence-corrected chi connectivity index (χ4v) is 1.74. The first-order valence-corrected chi connectivity index (χ1v) is 6.06. The molecular formula is C13H8F3N3O4. The van der Waals surface area contributed by atoms with Crippen molar-refractivity contribution in [2.45, 2.75) is 12.7 Å². The van der Waals surface area contributed by atoms with Crippen molar-refractivity contribution in [3.05, 3.63) is 40.4 Å². The van der Waals surface area contributed by atoms with Crippen molar-refractivity contribution in [1.29, 1.82) is 0 Å². The van der Waals surface area contributed by atoms with Gasteiger partial charge in [-0.1, -0.05) is 12.1 Å². The molecule has 1 aromatic heterocycles. The summed E-state index contributed by atoms with van der Waals surface area (Å²) >= 11 is 0. The first kappa shape index (κ1) is 16.3. The van der Waals surface area contributed by atoms with Crippen LogP contribution in [0.2, 0.25) is 0 Å². The first-order chi connectivity index (χ1) is 10.7. The second-order valence-electron chi connectivity index (χ2n) is 4.33. The minimum atomic E-state index is -5.08. The smallest absolute Gasteiger partial charge is 0.475 e. The highest BCUT2D eigenvalue weighted by Gasteiger charge is 2.38. The summed E-state index contributed by atoms with van der Waals surface area (Å²) < 4.78 is 33.1. The molecule has 0 aliphatic carbocycles. The molecule has 0 saturated carbocycles. The molecule has 1 aliphatic heterocycles. The topological polar surface area (TPSA) is 102 Å². The zero-order valence-corrected chi connectivity index (χ0v) is 11.2. The highest BCUT2D eigenvalue weighted by Crippen LogP contribution is 2.13. The van der Waals surface area contributed by atoms with E-state index >= 15 is 0 Å². The Labute approximate surface area is 125 Å². The van der Waals surface area contributed by atoms with Crippen molar-refractivity contribution in [2.24, 2.45) is 4.99 Å². The van der Waals surface area contributed by atoms with Gasteiger partial charge in [-0.3, -0.25) is 14.2 Å². The number of fused-ring (bicyclic) bond motifs is 2. The quantitative estimate of drug-likeness (QED) is 0.777. The summed E-state index contributed by atoms with van der Waals surface area (Å²) in [6.45, 7) is -0.0253. The van der Waals surface area contributed by atoms with Gasteiger partial charge in [0.15, 0.2) is 5.82 Å². The molecule has 0 unspecified atom stereocenters. The number of carboxylic acids is 1. The molecule has 2 heterocycles. The van der Waals surface area contributed by atoms with Crippen LogP contribution in [0.15, 0.2) is 34.1 Å². The van der Waals surface area contributed by atoms with E-state index in [1.165, 1.54) is 10.8 Å². The standard InChI is InChI=1S/C11H7N3O2.C2HF3O2/c15-10-6-14-9(5-12-10)13-8-4-2-1-3-7(8)11(14)16;3-2(4,5)1(6)7/h1-5H,6H2;(H,6,7). The Morgan fingerprint density at radius 1 is 1.22 bits per heavy atom. The molecule has 0 bridgehead atoms. The molecular weight excluding hydrogens is 319 g/mol. The first-order valence-electron chi connectivity index (χ1n) is 6.06. The molecule has 1 aliphatic rings. The van der Waals surface area contributed by atoms with Gasteiger partial charge in [0.1, 0.15) is 6.54 Å². The number of hydrogen-bond donors (Lipinski definition) is 1. The van der Waals surface area contributed by atoms with E-state index in [1.807, 2.05) is 6.07 Å². The van der Waals surface area contributed by atoms with Crippen LogP contribution in [0, 0.1) is 0 Å². The van der Waals surface area contributed by atoms with Gasteiger partial charge in [-0.2, -0.15) is 13.2 Å². The zero-order valence-electron chi connectivity index (χ0n) is 11.2. The van der Waals surface area contributed by atoms with Crippen LogP contribution in [-0.2, 0) is 16.1 Å². The number of nitrogens with zero attached hydrogens (tertiary/aromatic N) is 3. The predicted molar refractivity (Wildman–Crippen MR) is 72.3 cm³/mol. The Hall–Kier alpha value is -3.04. The normalized spacial score (nSPS) is 13.3. The average Bonchev–Trinajstić information content (AvgIpc) is 2.48. The molecule has 1 aromatic carbocycles. The third kappa shape index (κ3) is 3.59. The number of para-hydroxylation sites is 1. The molecule has 0 saturated heterocycles. The summed E-state index contributed by atoms with van der Waals surface area (Å²) in [5.74, 6) is -2.65. The fourth-order valence-electron chi connectivity index (χ4n) is 1.74. The van der Waals surface area contributed by atoms with E-state index < -0.39 is 12.1 Å². The monoisotopic (exact) mass is 327 g/mol. The molecule has 3 rings (SSSR count). The lowest BCUT2D eigenvalue weighted by atomic mass is 10.2. The van der Waals surface area contributed by atoms with E-state index in [0.29, 0.717) is 16.7 Å². The molecule has 7 nitrogen and oxygen atoms in total. The van der Waals surface area contributed by atoms with E-state index in [1.54, 1.807) is 18.2 Å². The number of carbonyl (C=O) groups is 2. The SMILES string of the molecule is O=C(O)C(F)(F)F.O=C1Cn2c(nc3ccccc3c2=O)C=N1. The van der Waals surface area contributed by atoms with Crippen molar-refractivity contribution in [3.8, 4) is 0 Å². The Morgan fingerprint density at radius 3 is 2.43 bits per heavy atom. The number of rotatable bonds is 0. The number of carboxylic acid groups (broad SMARTS) is 1. The van der Waals surface area contributed by atoms with Crippen LogP contribution < -0.4 is 5.56 Å². The number of halogens is 3. The molecule has 10 heteroatoms. The molecule has 2 aromatic rings. The molecule has 0 fully saturated rings. The largest absolute Gasteiger partial charge is 0.490 e. The molecule has 120 valence electrons. The van der Waals surface area contributed by atoms with Gasteiger partial charge in [-0.15, -0.1) is 0 Å². The molecule has 0 atom stereocenters. The summed E-state index contributed by atoms with van der Waals surface area (Å²) in [4.78, 5) is 40.0. The minimum Gasteiger partial charge on any atom is -0.475 e. The summed E-state index contributed by atoms with van der Waals surface area (Å²) in [6.07, 6.45) is -3.75. The average molecular weight is 327 g/mol. The maximum absolute atomic E-state index is 12.0. The second-order valence-corrected chi connectivity index (χ2v) is 4.33. The van der Waals surface area contributed by atoms with Gasteiger partial charge in [0.25, 0.3) is 11.5 Å². The predicted octanol–water partition coefficient (Wildman–Crippen LogP) is 0.989. The third-order valence-electron chi connectivity index (χ3n) is 2.75. The maximum Gasteiger partial charge on any atom is 0.490 e. The van der Waals surface area contributed by atoms with Crippen molar-refractivity contribution in [2.75, 3.05) is 0 Å². The fraction of sp³-hybridized carbons (Fsp3) is 0.154. The van der Waals surface area contributed by atoms with Crippen molar-refractivity contribution in [1.82, 2.24) is 9.55 Å². The van der Waals surface area contributed by atoms with Gasteiger partial charge < -0.3 is 5.11 Å². The number of hydrogen-bond acceptors (Lipinski definition) is 4. The van der Waals surface area contributed by atoms with Crippen LogP contribution in [0.5, 0.6) is 0 Å². The highest BCUT2D eigenvalue weighted by atomic mass is 19.4. The Kier molecular flexibility index (Phi) is 4.25. The summed E-state index contributed by atoms with van der Waals surface area (Å²) in [5.41, 5.74) is 0.430. The molecule has 0 radical (unpaired) electrons. The zero-order chi connectivity index (χ0) is 17.2.